The minimum absolute atomic E-state index is 0.0882. The SMILES string of the molecule is COc1ccccc1NC(=O)NCOc1ccc(C)cc1C. The van der Waals surface area contributed by atoms with Gasteiger partial charge in [0.1, 0.15) is 11.5 Å². The van der Waals surface area contributed by atoms with E-state index in [1.54, 1.807) is 19.2 Å². The number of carbonyl (C=O) groups is 1. The molecule has 2 N–H and O–H groups in total. The van der Waals surface area contributed by atoms with Crippen molar-refractivity contribution in [3.05, 3.63) is 53.6 Å². The molecule has 0 heterocycles. The summed E-state index contributed by atoms with van der Waals surface area (Å²) in [6.07, 6.45) is 0. The first-order valence-electron chi connectivity index (χ1n) is 6.98. The van der Waals surface area contributed by atoms with Crippen molar-refractivity contribution in [1.29, 1.82) is 0 Å². The van der Waals surface area contributed by atoms with Crippen LogP contribution in [0.15, 0.2) is 42.5 Å². The zero-order chi connectivity index (χ0) is 15.9. The maximum absolute atomic E-state index is 11.9. The Kier molecular flexibility index (Phi) is 5.25. The van der Waals surface area contributed by atoms with Gasteiger partial charge < -0.3 is 20.1 Å². The molecule has 0 aliphatic rings. The molecule has 0 unspecified atom stereocenters. The van der Waals surface area contributed by atoms with Crippen LogP contribution in [0.4, 0.5) is 10.5 Å². The highest BCUT2D eigenvalue weighted by molar-refractivity contribution is 5.90. The summed E-state index contributed by atoms with van der Waals surface area (Å²) in [5.74, 6) is 1.36. The molecule has 0 saturated carbocycles. The lowest BCUT2D eigenvalue weighted by Gasteiger charge is -2.13. The lowest BCUT2D eigenvalue weighted by molar-refractivity contribution is 0.234. The molecule has 5 nitrogen and oxygen atoms in total. The number of aryl methyl sites for hydroxylation is 2. The first-order valence-corrected chi connectivity index (χ1v) is 6.98. The third kappa shape index (κ3) is 4.15. The summed E-state index contributed by atoms with van der Waals surface area (Å²) in [6.45, 7) is 4.08. The minimum Gasteiger partial charge on any atom is -0.495 e. The molecule has 0 aliphatic heterocycles. The van der Waals surface area contributed by atoms with E-state index in [1.165, 1.54) is 5.56 Å². The van der Waals surface area contributed by atoms with Crippen molar-refractivity contribution in [1.82, 2.24) is 5.32 Å². The van der Waals surface area contributed by atoms with Gasteiger partial charge in [0.2, 0.25) is 0 Å². The fourth-order valence-corrected chi connectivity index (χ4v) is 2.06. The summed E-state index contributed by atoms with van der Waals surface area (Å²) < 4.78 is 10.7. The third-order valence-corrected chi connectivity index (χ3v) is 3.15. The van der Waals surface area contributed by atoms with Crippen LogP contribution in [0.3, 0.4) is 0 Å². The maximum atomic E-state index is 11.9. The lowest BCUT2D eigenvalue weighted by atomic mass is 10.1. The number of hydrogen-bond acceptors (Lipinski definition) is 3. The molecule has 2 aromatic carbocycles. The number of urea groups is 1. The van der Waals surface area contributed by atoms with Crippen LogP contribution >= 0.6 is 0 Å². The van der Waals surface area contributed by atoms with Crippen molar-refractivity contribution < 1.29 is 14.3 Å². The summed E-state index contributed by atoms with van der Waals surface area (Å²) >= 11 is 0. The molecule has 2 rings (SSSR count). The Bertz CT molecular complexity index is 656. The Morgan fingerprint density at radius 2 is 1.86 bits per heavy atom. The van der Waals surface area contributed by atoms with E-state index in [4.69, 9.17) is 9.47 Å². The van der Waals surface area contributed by atoms with Gasteiger partial charge in [0.05, 0.1) is 12.8 Å². The van der Waals surface area contributed by atoms with E-state index in [-0.39, 0.29) is 12.8 Å². The molecule has 5 heteroatoms. The molecule has 2 amide bonds. The van der Waals surface area contributed by atoms with Gasteiger partial charge in [-0.1, -0.05) is 29.8 Å². The van der Waals surface area contributed by atoms with Crippen molar-refractivity contribution in [2.45, 2.75) is 13.8 Å². The quantitative estimate of drug-likeness (QED) is 0.831. The van der Waals surface area contributed by atoms with Crippen LogP contribution in [-0.2, 0) is 0 Å². The number of hydrogen-bond donors (Lipinski definition) is 2. The monoisotopic (exact) mass is 300 g/mol. The Balaban J connectivity index is 1.85. The second-order valence-electron chi connectivity index (χ2n) is 4.89. The summed E-state index contributed by atoms with van der Waals surface area (Å²) in [5.41, 5.74) is 2.81. The number of carbonyl (C=O) groups excluding carboxylic acids is 1. The summed E-state index contributed by atoms with van der Waals surface area (Å²) in [4.78, 5) is 11.9. The number of anilines is 1. The molecule has 0 aromatic heterocycles. The first-order chi connectivity index (χ1) is 10.6. The molecule has 0 radical (unpaired) electrons. The fourth-order valence-electron chi connectivity index (χ4n) is 2.06. The van der Waals surface area contributed by atoms with Crippen LogP contribution in [0.2, 0.25) is 0 Å². The Hall–Kier alpha value is -2.69. The predicted octanol–water partition coefficient (Wildman–Crippen LogP) is 3.47. The van der Waals surface area contributed by atoms with Crippen molar-refractivity contribution in [3.63, 3.8) is 0 Å². The van der Waals surface area contributed by atoms with Gasteiger partial charge in [-0.25, -0.2) is 4.79 Å². The summed E-state index contributed by atoms with van der Waals surface area (Å²) in [7, 11) is 1.56. The molecule has 0 spiro atoms. The number of methoxy groups -OCH3 is 1. The number of benzene rings is 2. The van der Waals surface area contributed by atoms with Crippen molar-refractivity contribution in [2.24, 2.45) is 0 Å². The number of amides is 2. The standard InChI is InChI=1S/C17H20N2O3/c1-12-8-9-15(13(2)10-12)22-11-18-17(20)19-14-6-4-5-7-16(14)21-3/h4-10H,11H2,1-3H3,(H2,18,19,20). The van der Waals surface area contributed by atoms with Crippen LogP contribution in [0.25, 0.3) is 0 Å². The highest BCUT2D eigenvalue weighted by atomic mass is 16.5. The van der Waals surface area contributed by atoms with Crippen LogP contribution in [0.1, 0.15) is 11.1 Å². The molecule has 116 valence electrons. The van der Waals surface area contributed by atoms with E-state index in [9.17, 15) is 4.79 Å². The number of rotatable bonds is 5. The second-order valence-corrected chi connectivity index (χ2v) is 4.89. The van der Waals surface area contributed by atoms with Crippen molar-refractivity contribution in [3.8, 4) is 11.5 Å². The van der Waals surface area contributed by atoms with E-state index in [0.717, 1.165) is 11.3 Å². The predicted molar refractivity (Wildman–Crippen MR) is 86.6 cm³/mol. The zero-order valence-corrected chi connectivity index (χ0v) is 13.0. The average molecular weight is 300 g/mol. The molecule has 22 heavy (non-hydrogen) atoms. The molecule has 0 bridgehead atoms. The normalized spacial score (nSPS) is 9.95. The molecule has 0 aliphatic carbocycles. The van der Waals surface area contributed by atoms with Crippen LogP contribution in [0.5, 0.6) is 11.5 Å². The molecule has 0 saturated heterocycles. The molecular formula is C17H20N2O3. The number of nitrogens with one attached hydrogen (secondary N) is 2. The van der Waals surface area contributed by atoms with E-state index < -0.39 is 0 Å². The molecule has 2 aromatic rings. The summed E-state index contributed by atoms with van der Waals surface area (Å²) in [5, 5.41) is 5.36. The van der Waals surface area contributed by atoms with Gasteiger partial charge >= 0.3 is 6.03 Å². The van der Waals surface area contributed by atoms with Crippen LogP contribution in [-0.4, -0.2) is 19.9 Å². The van der Waals surface area contributed by atoms with E-state index in [2.05, 4.69) is 10.6 Å². The van der Waals surface area contributed by atoms with Crippen LogP contribution in [0, 0.1) is 13.8 Å². The topological polar surface area (TPSA) is 59.6 Å². The van der Waals surface area contributed by atoms with Crippen LogP contribution < -0.4 is 20.1 Å². The van der Waals surface area contributed by atoms with Gasteiger partial charge in [-0.05, 0) is 37.6 Å². The molecule has 0 fully saturated rings. The Labute approximate surface area is 130 Å². The van der Waals surface area contributed by atoms with Gasteiger partial charge in [0.15, 0.2) is 6.73 Å². The maximum Gasteiger partial charge on any atom is 0.321 e. The van der Waals surface area contributed by atoms with Gasteiger partial charge in [-0.15, -0.1) is 0 Å². The van der Waals surface area contributed by atoms with E-state index in [0.29, 0.717) is 11.4 Å². The zero-order valence-electron chi connectivity index (χ0n) is 13.0. The smallest absolute Gasteiger partial charge is 0.321 e. The van der Waals surface area contributed by atoms with E-state index in [1.807, 2.05) is 44.2 Å². The number of para-hydroxylation sites is 2. The van der Waals surface area contributed by atoms with E-state index >= 15 is 0 Å². The molecular weight excluding hydrogens is 280 g/mol. The highest BCUT2D eigenvalue weighted by Gasteiger charge is 2.06. The van der Waals surface area contributed by atoms with Gasteiger partial charge in [-0.3, -0.25) is 0 Å². The Morgan fingerprint density at radius 1 is 1.09 bits per heavy atom. The van der Waals surface area contributed by atoms with Gasteiger partial charge in [-0.2, -0.15) is 0 Å². The highest BCUT2D eigenvalue weighted by Crippen LogP contribution is 2.22. The van der Waals surface area contributed by atoms with Gasteiger partial charge in [0.25, 0.3) is 0 Å². The largest absolute Gasteiger partial charge is 0.495 e. The van der Waals surface area contributed by atoms with Crippen molar-refractivity contribution in [2.75, 3.05) is 19.2 Å². The summed E-state index contributed by atoms with van der Waals surface area (Å²) in [6, 6.07) is 12.8. The molecule has 0 atom stereocenters. The van der Waals surface area contributed by atoms with Crippen molar-refractivity contribution >= 4 is 11.7 Å². The minimum atomic E-state index is -0.353. The fraction of sp³-hybridized carbons (Fsp3) is 0.235. The average Bonchev–Trinajstić information content (AvgIpc) is 2.50. The second kappa shape index (κ2) is 7.36. The number of ether oxygens (including phenoxy) is 2. The first kappa shape index (κ1) is 15.7. The Morgan fingerprint density at radius 3 is 2.59 bits per heavy atom. The van der Waals surface area contributed by atoms with Gasteiger partial charge in [0, 0.05) is 0 Å². The lowest BCUT2D eigenvalue weighted by Crippen LogP contribution is -2.32. The third-order valence-electron chi connectivity index (χ3n) is 3.15.